The second-order valence-electron chi connectivity index (χ2n) is 7.13. The van der Waals surface area contributed by atoms with Crippen LogP contribution in [0.2, 0.25) is 5.02 Å². The van der Waals surface area contributed by atoms with E-state index in [0.29, 0.717) is 6.04 Å². The summed E-state index contributed by atoms with van der Waals surface area (Å²) >= 11 is 6.34. The number of amidine groups is 1. The SMILES string of the molecule is COCC[C@H]1CN(C2=Nc3ccccc3Nc3ccc(Cl)cc32)CCN1C.Cl.Cl. The average molecular weight is 458 g/mol. The molecule has 0 aliphatic carbocycles. The van der Waals surface area contributed by atoms with Crippen LogP contribution in [0.1, 0.15) is 12.0 Å². The number of likely N-dealkylation sites (N-methyl/N-ethyl adjacent to an activating group) is 1. The molecule has 0 unspecified atom stereocenters. The predicted molar refractivity (Wildman–Crippen MR) is 126 cm³/mol. The molecule has 2 aliphatic rings. The summed E-state index contributed by atoms with van der Waals surface area (Å²) in [5.74, 6) is 0.987. The predicted octanol–water partition coefficient (Wildman–Crippen LogP) is 4.97. The first-order valence-electron chi connectivity index (χ1n) is 9.34. The maximum absolute atomic E-state index is 6.34. The minimum atomic E-state index is 0. The Balaban J connectivity index is 0.00000150. The molecule has 0 spiro atoms. The van der Waals surface area contributed by atoms with Gasteiger partial charge in [0.1, 0.15) is 5.84 Å². The Morgan fingerprint density at radius 1 is 1.14 bits per heavy atom. The molecule has 0 amide bonds. The number of aliphatic imine (C=N–C) groups is 1. The smallest absolute Gasteiger partial charge is 0.138 e. The maximum atomic E-state index is 6.34. The van der Waals surface area contributed by atoms with Crippen LogP contribution < -0.4 is 5.32 Å². The van der Waals surface area contributed by atoms with Gasteiger partial charge in [-0.25, -0.2) is 4.99 Å². The van der Waals surface area contributed by atoms with Crippen molar-refractivity contribution < 1.29 is 4.74 Å². The van der Waals surface area contributed by atoms with Gasteiger partial charge < -0.3 is 15.0 Å². The number of halogens is 3. The van der Waals surface area contributed by atoms with E-state index in [9.17, 15) is 0 Å². The number of anilines is 2. The van der Waals surface area contributed by atoms with Crippen LogP contribution in [0.15, 0.2) is 47.5 Å². The van der Waals surface area contributed by atoms with Crippen LogP contribution in [0, 0.1) is 0 Å². The van der Waals surface area contributed by atoms with Crippen LogP contribution in [0.4, 0.5) is 17.1 Å². The zero-order valence-corrected chi connectivity index (χ0v) is 19.0. The standard InChI is InChI=1S/C21H25ClN4O.2ClH/c1-25-10-11-26(14-16(25)9-12-27-2)21-17-13-15(22)7-8-18(17)23-19-5-3-4-6-20(19)24-21;;/h3-8,13,16,23H,9-12,14H2,1-2H3;2*1H/t16-;;/m0../s1. The number of nitrogens with zero attached hydrogens (tertiary/aromatic N) is 3. The van der Waals surface area contributed by atoms with Crippen LogP contribution in [-0.2, 0) is 4.74 Å². The van der Waals surface area contributed by atoms with Crippen LogP contribution in [0.3, 0.4) is 0 Å². The highest BCUT2D eigenvalue weighted by molar-refractivity contribution is 6.31. The van der Waals surface area contributed by atoms with E-state index in [1.54, 1.807) is 7.11 Å². The van der Waals surface area contributed by atoms with E-state index in [0.717, 1.165) is 66.1 Å². The molecule has 2 aromatic carbocycles. The van der Waals surface area contributed by atoms with Gasteiger partial charge in [0.15, 0.2) is 0 Å². The first-order chi connectivity index (χ1) is 13.2. The Hall–Kier alpha value is -1.50. The van der Waals surface area contributed by atoms with E-state index in [4.69, 9.17) is 21.3 Å². The molecule has 2 aromatic rings. The van der Waals surface area contributed by atoms with Gasteiger partial charge in [0.2, 0.25) is 0 Å². The van der Waals surface area contributed by atoms with Crippen LogP contribution in [0.5, 0.6) is 0 Å². The van der Waals surface area contributed by atoms with Gasteiger partial charge in [-0.1, -0.05) is 23.7 Å². The summed E-state index contributed by atoms with van der Waals surface area (Å²) in [6, 6.07) is 14.6. The number of benzene rings is 2. The van der Waals surface area contributed by atoms with Crippen LogP contribution in [-0.4, -0.2) is 62.1 Å². The Morgan fingerprint density at radius 2 is 1.93 bits per heavy atom. The lowest BCUT2D eigenvalue weighted by Crippen LogP contribution is -2.53. The van der Waals surface area contributed by atoms with Crippen molar-refractivity contribution in [2.24, 2.45) is 4.99 Å². The number of ether oxygens (including phenoxy) is 1. The molecule has 4 rings (SSSR count). The molecule has 0 radical (unpaired) electrons. The number of fused-ring (bicyclic) bond motifs is 2. The van der Waals surface area contributed by atoms with Gasteiger partial charge >= 0.3 is 0 Å². The van der Waals surface area contributed by atoms with E-state index in [-0.39, 0.29) is 24.8 Å². The number of piperazine rings is 1. The molecule has 158 valence electrons. The summed E-state index contributed by atoms with van der Waals surface area (Å²) in [7, 11) is 3.95. The third kappa shape index (κ3) is 5.16. The Labute approximate surface area is 189 Å². The number of hydrogen-bond donors (Lipinski definition) is 1. The van der Waals surface area contributed by atoms with Crippen molar-refractivity contribution in [2.75, 3.05) is 45.7 Å². The third-order valence-electron chi connectivity index (χ3n) is 5.35. The number of rotatable bonds is 3. The number of para-hydroxylation sites is 2. The van der Waals surface area contributed by atoms with Gasteiger partial charge in [0, 0.05) is 55.7 Å². The normalized spacial score (nSPS) is 18.2. The van der Waals surface area contributed by atoms with Gasteiger partial charge in [-0.2, -0.15) is 0 Å². The second kappa shape index (κ2) is 10.5. The van der Waals surface area contributed by atoms with Gasteiger partial charge in [0.25, 0.3) is 0 Å². The Morgan fingerprint density at radius 3 is 2.72 bits per heavy atom. The summed E-state index contributed by atoms with van der Waals surface area (Å²) < 4.78 is 5.31. The molecule has 0 saturated carbocycles. The fourth-order valence-corrected chi connectivity index (χ4v) is 3.92. The molecule has 0 bridgehead atoms. The molecule has 8 heteroatoms. The van der Waals surface area contributed by atoms with E-state index >= 15 is 0 Å². The largest absolute Gasteiger partial charge is 0.385 e. The zero-order chi connectivity index (χ0) is 18.8. The average Bonchev–Trinajstić information content (AvgIpc) is 2.84. The first-order valence-corrected chi connectivity index (χ1v) is 9.72. The summed E-state index contributed by atoms with van der Waals surface area (Å²) in [6.07, 6.45) is 1.01. The van der Waals surface area contributed by atoms with Crippen molar-refractivity contribution in [3.63, 3.8) is 0 Å². The number of nitrogens with one attached hydrogen (secondary N) is 1. The van der Waals surface area contributed by atoms with Gasteiger partial charge in [0.05, 0.1) is 11.4 Å². The van der Waals surface area contributed by atoms with Crippen molar-refractivity contribution in [2.45, 2.75) is 12.5 Å². The fraction of sp³-hybridized carbons (Fsp3) is 0.381. The Bertz CT molecular complexity index is 862. The summed E-state index contributed by atoms with van der Waals surface area (Å²) in [5, 5.41) is 4.24. The third-order valence-corrected chi connectivity index (χ3v) is 5.59. The van der Waals surface area contributed by atoms with E-state index in [1.165, 1.54) is 0 Å². The van der Waals surface area contributed by atoms with Crippen molar-refractivity contribution in [3.05, 3.63) is 53.1 Å². The molecule has 2 aliphatic heterocycles. The van der Waals surface area contributed by atoms with Crippen molar-refractivity contribution in [1.82, 2.24) is 9.80 Å². The number of methoxy groups -OCH3 is 1. The molecule has 1 atom stereocenters. The molecule has 1 N–H and O–H groups in total. The maximum Gasteiger partial charge on any atom is 0.138 e. The molecule has 29 heavy (non-hydrogen) atoms. The zero-order valence-electron chi connectivity index (χ0n) is 16.6. The van der Waals surface area contributed by atoms with Crippen molar-refractivity contribution in [3.8, 4) is 0 Å². The van der Waals surface area contributed by atoms with E-state index < -0.39 is 0 Å². The molecule has 5 nitrogen and oxygen atoms in total. The van der Waals surface area contributed by atoms with Crippen LogP contribution in [0.25, 0.3) is 0 Å². The molecular formula is C21H27Cl3N4O. The molecule has 0 aromatic heterocycles. The monoisotopic (exact) mass is 456 g/mol. The summed E-state index contributed by atoms with van der Waals surface area (Å²) in [6.45, 7) is 3.63. The molecule has 1 fully saturated rings. The lowest BCUT2D eigenvalue weighted by Gasteiger charge is -2.41. The van der Waals surface area contributed by atoms with E-state index in [2.05, 4.69) is 28.2 Å². The Kier molecular flexibility index (Phi) is 8.61. The highest BCUT2D eigenvalue weighted by Gasteiger charge is 2.29. The van der Waals surface area contributed by atoms with Gasteiger partial charge in [-0.3, -0.25) is 4.90 Å². The van der Waals surface area contributed by atoms with Gasteiger partial charge in [-0.15, -0.1) is 24.8 Å². The quantitative estimate of drug-likeness (QED) is 0.706. The molecule has 2 heterocycles. The second-order valence-corrected chi connectivity index (χ2v) is 7.57. The summed E-state index contributed by atoms with van der Waals surface area (Å²) in [4.78, 5) is 9.86. The van der Waals surface area contributed by atoms with Crippen LogP contribution >= 0.6 is 36.4 Å². The van der Waals surface area contributed by atoms with Crippen molar-refractivity contribution >= 4 is 59.3 Å². The lowest BCUT2D eigenvalue weighted by atomic mass is 10.1. The molecule has 1 saturated heterocycles. The lowest BCUT2D eigenvalue weighted by molar-refractivity contribution is 0.100. The fourth-order valence-electron chi connectivity index (χ4n) is 3.75. The van der Waals surface area contributed by atoms with E-state index in [1.807, 2.05) is 36.4 Å². The number of hydrogen-bond acceptors (Lipinski definition) is 5. The highest BCUT2D eigenvalue weighted by atomic mass is 35.5. The first kappa shape index (κ1) is 23.8. The molecular weight excluding hydrogens is 431 g/mol. The minimum Gasteiger partial charge on any atom is -0.385 e. The highest BCUT2D eigenvalue weighted by Crippen LogP contribution is 2.36. The minimum absolute atomic E-state index is 0. The van der Waals surface area contributed by atoms with Crippen molar-refractivity contribution in [1.29, 1.82) is 0 Å². The van der Waals surface area contributed by atoms with Gasteiger partial charge in [-0.05, 0) is 43.8 Å². The topological polar surface area (TPSA) is 40.1 Å². The summed E-state index contributed by atoms with van der Waals surface area (Å²) in [5.41, 5.74) is 4.05.